The maximum atomic E-state index is 2.50. The summed E-state index contributed by atoms with van der Waals surface area (Å²) in [6, 6.07) is 52.1. The first-order valence-electron chi connectivity index (χ1n) is 19.8. The summed E-state index contributed by atoms with van der Waals surface area (Å²) in [5.74, 6) is 1.25. The Morgan fingerprint density at radius 1 is 0.519 bits per heavy atom. The molecular formula is C51H54N3+. The molecule has 0 unspecified atom stereocenters. The molecule has 0 N–H and O–H groups in total. The van der Waals surface area contributed by atoms with Gasteiger partial charge in [0.1, 0.15) is 5.69 Å². The fraction of sp³-hybridized carbons (Fsp3) is 0.235. The molecule has 6 aromatic carbocycles. The molecule has 0 atom stereocenters. The highest BCUT2D eigenvalue weighted by molar-refractivity contribution is 5.96. The van der Waals surface area contributed by atoms with Crippen molar-refractivity contribution < 1.29 is 0 Å². The molecule has 7 aromatic rings. The molecule has 0 radical (unpaired) electrons. The van der Waals surface area contributed by atoms with Gasteiger partial charge < -0.3 is 14.4 Å². The minimum Gasteiger partial charge on any atom is -0.340 e. The molecule has 0 aliphatic carbocycles. The summed E-state index contributed by atoms with van der Waals surface area (Å²) in [7, 11) is 0. The Morgan fingerprint density at radius 2 is 1.00 bits per heavy atom. The third-order valence-electron chi connectivity index (χ3n) is 10.7. The van der Waals surface area contributed by atoms with Crippen LogP contribution in [0.15, 0.2) is 140 Å². The van der Waals surface area contributed by atoms with E-state index in [2.05, 4.69) is 202 Å². The standard InChI is InChI=1S/C51H54N3/c1-8-32-53(46-30-20-36(4)34-38(46)6)43-26-22-40(23-27-43)49(41-24-28-44(29-25-41)54(33-9-2)47-31-21-37(5)35-39(47)7)50-45-18-14-15-19-48(45)52(10-3)51(50)42-16-12-11-13-17-42/h11-31,34-35H,8-10,32-33H2,1-7H3/q+1. The predicted molar refractivity (Wildman–Crippen MR) is 233 cm³/mol. The number of para-hydroxylation sites is 1. The first-order valence-corrected chi connectivity index (χ1v) is 19.8. The third-order valence-corrected chi connectivity index (χ3v) is 10.7. The molecule has 7 rings (SSSR count). The van der Waals surface area contributed by atoms with Gasteiger partial charge in [0.05, 0.1) is 44.9 Å². The van der Waals surface area contributed by atoms with Gasteiger partial charge in [-0.15, -0.1) is 0 Å². The Labute approximate surface area is 323 Å². The number of hydrogen-bond acceptors (Lipinski definition) is 2. The maximum Gasteiger partial charge on any atom is 0.103 e. The fourth-order valence-corrected chi connectivity index (χ4v) is 8.29. The molecule has 0 aliphatic rings. The number of aryl methyl sites for hydroxylation is 5. The summed E-state index contributed by atoms with van der Waals surface area (Å²) < 4.78 is 2.50. The largest absolute Gasteiger partial charge is 0.340 e. The quantitative estimate of drug-likeness (QED) is 0.111. The van der Waals surface area contributed by atoms with E-state index in [-0.39, 0.29) is 0 Å². The van der Waals surface area contributed by atoms with E-state index in [9.17, 15) is 0 Å². The van der Waals surface area contributed by atoms with Crippen molar-refractivity contribution in [3.8, 4) is 11.3 Å². The molecule has 0 fully saturated rings. The normalized spacial score (nSPS) is 11.2. The zero-order chi connectivity index (χ0) is 37.8. The van der Waals surface area contributed by atoms with Crippen molar-refractivity contribution in [1.29, 1.82) is 0 Å². The van der Waals surface area contributed by atoms with Gasteiger partial charge in [0.2, 0.25) is 0 Å². The van der Waals surface area contributed by atoms with Gasteiger partial charge in [-0.3, -0.25) is 0 Å². The molecule has 0 bridgehead atoms. The van der Waals surface area contributed by atoms with Crippen molar-refractivity contribution >= 4 is 33.7 Å². The van der Waals surface area contributed by atoms with Gasteiger partial charge in [0, 0.05) is 36.6 Å². The summed E-state index contributed by atoms with van der Waals surface area (Å²) in [4.78, 5) is 4.95. The Balaban J connectivity index is 1.41. The zero-order valence-electron chi connectivity index (χ0n) is 33.2. The molecule has 1 heterocycles. The van der Waals surface area contributed by atoms with Crippen LogP contribution >= 0.6 is 0 Å². The Hall–Kier alpha value is -5.67. The second-order valence-electron chi connectivity index (χ2n) is 14.7. The van der Waals surface area contributed by atoms with Crippen molar-refractivity contribution in [2.75, 3.05) is 22.9 Å². The number of fused-ring (bicyclic) bond motifs is 1. The minimum absolute atomic E-state index is 0.875. The van der Waals surface area contributed by atoms with Crippen molar-refractivity contribution in [2.24, 2.45) is 0 Å². The Bertz CT molecular complexity index is 2230. The van der Waals surface area contributed by atoms with Crippen LogP contribution in [0.4, 0.5) is 22.7 Å². The van der Waals surface area contributed by atoms with Crippen molar-refractivity contribution in [3.05, 3.63) is 184 Å². The summed E-state index contributed by atoms with van der Waals surface area (Å²) in [5.41, 5.74) is 17.6. The molecule has 0 saturated heterocycles. The number of aromatic nitrogens is 1. The molecule has 54 heavy (non-hydrogen) atoms. The molecule has 0 spiro atoms. The van der Waals surface area contributed by atoms with E-state index in [1.54, 1.807) is 0 Å². The maximum absolute atomic E-state index is 2.50. The highest BCUT2D eigenvalue weighted by atomic mass is 15.1. The predicted octanol–water partition coefficient (Wildman–Crippen LogP) is 13.7. The summed E-state index contributed by atoms with van der Waals surface area (Å²) in [5, 5.41) is 1.27. The molecule has 0 amide bonds. The Morgan fingerprint density at radius 3 is 1.46 bits per heavy atom. The molecule has 3 nitrogen and oxygen atoms in total. The number of benzene rings is 6. The van der Waals surface area contributed by atoms with E-state index in [4.69, 9.17) is 0 Å². The Kier molecular flexibility index (Phi) is 11.0. The first kappa shape index (κ1) is 36.7. The zero-order valence-corrected chi connectivity index (χ0v) is 33.2. The number of rotatable bonds is 13. The summed E-state index contributed by atoms with van der Waals surface area (Å²) in [6.45, 7) is 18.4. The first-order chi connectivity index (χ1) is 26.3. The van der Waals surface area contributed by atoms with Crippen molar-refractivity contribution in [1.82, 2.24) is 4.57 Å². The highest BCUT2D eigenvalue weighted by Crippen LogP contribution is 2.45. The molecule has 272 valence electrons. The van der Waals surface area contributed by atoms with E-state index >= 15 is 0 Å². The topological polar surface area (TPSA) is 11.4 Å². The number of hydrogen-bond donors (Lipinski definition) is 0. The van der Waals surface area contributed by atoms with Gasteiger partial charge in [-0.2, -0.15) is 0 Å². The average molecular weight is 709 g/mol. The lowest BCUT2D eigenvalue weighted by Crippen LogP contribution is -2.19. The molecule has 1 aromatic heterocycles. The van der Waals surface area contributed by atoms with Crippen LogP contribution in [0.25, 0.3) is 22.2 Å². The molecule has 0 saturated carbocycles. The van der Waals surface area contributed by atoms with Gasteiger partial charge in [-0.1, -0.05) is 79.6 Å². The van der Waals surface area contributed by atoms with Crippen LogP contribution in [0, 0.1) is 33.6 Å². The SMILES string of the molecule is CCCN(c1ccc([C+](c2ccc(N(CCC)c3ccc(C)cc3C)cc2)c2c(-c3ccccc3)n(CC)c3ccccc23)cc1)c1ccc(C)cc1C. The molecular weight excluding hydrogens is 655 g/mol. The van der Waals surface area contributed by atoms with Crippen LogP contribution in [0.3, 0.4) is 0 Å². The molecule has 3 heteroatoms. The lowest BCUT2D eigenvalue weighted by molar-refractivity contribution is 0.803. The van der Waals surface area contributed by atoms with Crippen LogP contribution < -0.4 is 9.80 Å². The van der Waals surface area contributed by atoms with E-state index < -0.39 is 0 Å². The van der Waals surface area contributed by atoms with Crippen molar-refractivity contribution in [3.63, 3.8) is 0 Å². The summed E-state index contributed by atoms with van der Waals surface area (Å²) >= 11 is 0. The van der Waals surface area contributed by atoms with Crippen molar-refractivity contribution in [2.45, 2.75) is 67.9 Å². The van der Waals surface area contributed by atoms with Gasteiger partial charge in [-0.05, 0) is 144 Å². The van der Waals surface area contributed by atoms with Gasteiger partial charge in [0.25, 0.3) is 0 Å². The lowest BCUT2D eigenvalue weighted by Gasteiger charge is -2.27. The van der Waals surface area contributed by atoms with E-state index in [1.165, 1.54) is 89.8 Å². The van der Waals surface area contributed by atoms with Crippen LogP contribution in [-0.2, 0) is 6.54 Å². The van der Waals surface area contributed by atoms with Gasteiger partial charge >= 0.3 is 0 Å². The number of anilines is 4. The lowest BCUT2D eigenvalue weighted by atomic mass is 9.82. The van der Waals surface area contributed by atoms with Gasteiger partial charge in [0.15, 0.2) is 0 Å². The fourth-order valence-electron chi connectivity index (χ4n) is 8.29. The van der Waals surface area contributed by atoms with Crippen LogP contribution in [0.5, 0.6) is 0 Å². The van der Waals surface area contributed by atoms with Crippen LogP contribution in [0.1, 0.15) is 72.6 Å². The average Bonchev–Trinajstić information content (AvgIpc) is 3.51. The second kappa shape index (κ2) is 16.1. The molecule has 0 aliphatic heterocycles. The summed E-state index contributed by atoms with van der Waals surface area (Å²) in [6.07, 6.45) is 2.12. The van der Waals surface area contributed by atoms with E-state index in [0.29, 0.717) is 0 Å². The van der Waals surface area contributed by atoms with Crippen LogP contribution in [0.2, 0.25) is 0 Å². The minimum atomic E-state index is 0.875. The van der Waals surface area contributed by atoms with Crippen LogP contribution in [-0.4, -0.2) is 17.7 Å². The van der Waals surface area contributed by atoms with Gasteiger partial charge in [-0.25, -0.2) is 0 Å². The second-order valence-corrected chi connectivity index (χ2v) is 14.7. The van der Waals surface area contributed by atoms with E-state index in [0.717, 1.165) is 32.5 Å². The highest BCUT2D eigenvalue weighted by Gasteiger charge is 2.33. The smallest absolute Gasteiger partial charge is 0.103 e. The third kappa shape index (κ3) is 7.16. The monoisotopic (exact) mass is 708 g/mol. The van der Waals surface area contributed by atoms with E-state index in [1.807, 2.05) is 0 Å². The number of nitrogens with zero attached hydrogens (tertiary/aromatic N) is 3.